The summed E-state index contributed by atoms with van der Waals surface area (Å²) in [7, 11) is 0. The van der Waals surface area contributed by atoms with Crippen molar-refractivity contribution in [1.29, 1.82) is 5.41 Å². The fraction of sp³-hybridized carbons (Fsp3) is 0.125. The van der Waals surface area contributed by atoms with Crippen LogP contribution in [0.2, 0.25) is 0 Å². The van der Waals surface area contributed by atoms with E-state index >= 15 is 0 Å². The average molecular weight is 304 g/mol. The van der Waals surface area contributed by atoms with Crippen molar-refractivity contribution in [2.24, 2.45) is 5.73 Å². The van der Waals surface area contributed by atoms with Gasteiger partial charge >= 0.3 is 0 Å². The lowest BCUT2D eigenvalue weighted by Gasteiger charge is -2.10. The molecule has 0 aliphatic carbocycles. The molecule has 0 bridgehead atoms. The van der Waals surface area contributed by atoms with Crippen LogP contribution in [0.15, 0.2) is 48.5 Å². The van der Waals surface area contributed by atoms with Gasteiger partial charge in [-0.3, -0.25) is 10.2 Å². The summed E-state index contributed by atoms with van der Waals surface area (Å²) in [6, 6.07) is 13.2. The van der Waals surface area contributed by atoms with Crippen LogP contribution in [0, 0.1) is 11.2 Å². The SMILES string of the molecule is CC(=O)O.N=C(N)c1ccccc1OCc1cccc(F)c1. The van der Waals surface area contributed by atoms with Crippen LogP contribution in [0.4, 0.5) is 4.39 Å². The fourth-order valence-electron chi connectivity index (χ4n) is 1.60. The minimum Gasteiger partial charge on any atom is -0.488 e. The van der Waals surface area contributed by atoms with Crippen molar-refractivity contribution in [2.75, 3.05) is 0 Å². The minimum atomic E-state index is -0.833. The standard InChI is InChI=1S/C14H13FN2O.C2H4O2/c15-11-5-3-4-10(8-11)9-18-13-7-2-1-6-12(13)14(16)17;1-2(3)4/h1-8H,9H2,(H3,16,17);1H3,(H,3,4). The number of ether oxygens (including phenoxy) is 1. The van der Waals surface area contributed by atoms with Gasteiger partial charge in [0.05, 0.1) is 5.56 Å². The zero-order valence-electron chi connectivity index (χ0n) is 12.0. The molecular weight excluding hydrogens is 287 g/mol. The molecule has 0 atom stereocenters. The Balaban J connectivity index is 0.000000541. The number of para-hydroxylation sites is 1. The van der Waals surface area contributed by atoms with Crippen molar-refractivity contribution in [3.63, 3.8) is 0 Å². The molecule has 0 unspecified atom stereocenters. The molecule has 4 N–H and O–H groups in total. The Bertz CT molecular complexity index is 655. The molecule has 0 aliphatic heterocycles. The summed E-state index contributed by atoms with van der Waals surface area (Å²) in [6.07, 6.45) is 0. The van der Waals surface area contributed by atoms with E-state index in [1.54, 1.807) is 36.4 Å². The molecule has 116 valence electrons. The summed E-state index contributed by atoms with van der Waals surface area (Å²) < 4.78 is 18.5. The van der Waals surface area contributed by atoms with Crippen LogP contribution >= 0.6 is 0 Å². The van der Waals surface area contributed by atoms with Gasteiger partial charge in [-0.25, -0.2) is 4.39 Å². The monoisotopic (exact) mass is 304 g/mol. The molecule has 0 saturated carbocycles. The van der Waals surface area contributed by atoms with Gasteiger partial charge in [0.2, 0.25) is 0 Å². The number of hydrogen-bond donors (Lipinski definition) is 3. The van der Waals surface area contributed by atoms with Crippen LogP contribution in [0.1, 0.15) is 18.1 Å². The molecule has 2 aromatic rings. The number of hydrogen-bond acceptors (Lipinski definition) is 3. The van der Waals surface area contributed by atoms with Crippen LogP contribution in [0.5, 0.6) is 5.75 Å². The second-order valence-electron chi connectivity index (χ2n) is 4.35. The predicted octanol–water partition coefficient (Wildman–Crippen LogP) is 2.78. The van der Waals surface area contributed by atoms with Crippen LogP contribution in [-0.4, -0.2) is 16.9 Å². The molecule has 2 rings (SSSR count). The Morgan fingerprint density at radius 2 is 1.91 bits per heavy atom. The molecule has 2 aromatic carbocycles. The molecular formula is C16H17FN2O3. The van der Waals surface area contributed by atoms with E-state index in [1.165, 1.54) is 12.1 Å². The van der Waals surface area contributed by atoms with Crippen LogP contribution in [0.3, 0.4) is 0 Å². The Kier molecular flexibility index (Phi) is 6.56. The van der Waals surface area contributed by atoms with Crippen molar-refractivity contribution < 1.29 is 19.0 Å². The average Bonchev–Trinajstić information content (AvgIpc) is 2.45. The maximum absolute atomic E-state index is 13.0. The Morgan fingerprint density at radius 3 is 2.50 bits per heavy atom. The molecule has 0 aromatic heterocycles. The molecule has 0 spiro atoms. The Labute approximate surface area is 127 Å². The van der Waals surface area contributed by atoms with Crippen molar-refractivity contribution >= 4 is 11.8 Å². The van der Waals surface area contributed by atoms with Crippen molar-refractivity contribution in [3.8, 4) is 5.75 Å². The zero-order chi connectivity index (χ0) is 16.5. The summed E-state index contributed by atoms with van der Waals surface area (Å²) >= 11 is 0. The van der Waals surface area contributed by atoms with E-state index in [9.17, 15) is 4.39 Å². The summed E-state index contributed by atoms with van der Waals surface area (Å²) in [4.78, 5) is 9.00. The van der Waals surface area contributed by atoms with Gasteiger partial charge in [-0.15, -0.1) is 0 Å². The largest absolute Gasteiger partial charge is 0.488 e. The first-order valence-corrected chi connectivity index (χ1v) is 6.40. The van der Waals surface area contributed by atoms with E-state index in [2.05, 4.69) is 0 Å². The quantitative estimate of drug-likeness (QED) is 0.597. The number of carboxylic acid groups (broad SMARTS) is 1. The van der Waals surface area contributed by atoms with E-state index in [1.807, 2.05) is 0 Å². The first-order chi connectivity index (χ1) is 10.4. The zero-order valence-corrected chi connectivity index (χ0v) is 12.0. The van der Waals surface area contributed by atoms with Crippen molar-refractivity contribution in [1.82, 2.24) is 0 Å². The number of halogens is 1. The van der Waals surface area contributed by atoms with Crippen molar-refractivity contribution in [2.45, 2.75) is 13.5 Å². The number of nitrogens with one attached hydrogen (secondary N) is 1. The number of nitrogens with two attached hydrogens (primary N) is 1. The first kappa shape index (κ1) is 17.2. The second-order valence-corrected chi connectivity index (χ2v) is 4.35. The third kappa shape index (κ3) is 6.04. The van der Waals surface area contributed by atoms with Gasteiger partial charge in [0, 0.05) is 6.92 Å². The number of carboxylic acids is 1. The van der Waals surface area contributed by atoms with Crippen LogP contribution in [-0.2, 0) is 11.4 Å². The number of carbonyl (C=O) groups is 1. The molecule has 0 amide bonds. The molecule has 5 nitrogen and oxygen atoms in total. The number of aliphatic carboxylic acids is 1. The summed E-state index contributed by atoms with van der Waals surface area (Å²) in [5.74, 6) is -0.657. The Morgan fingerprint density at radius 1 is 1.27 bits per heavy atom. The topological polar surface area (TPSA) is 96.4 Å². The fourth-order valence-corrected chi connectivity index (χ4v) is 1.60. The highest BCUT2D eigenvalue weighted by Gasteiger charge is 2.05. The smallest absolute Gasteiger partial charge is 0.300 e. The van der Waals surface area contributed by atoms with Crippen molar-refractivity contribution in [3.05, 3.63) is 65.5 Å². The van der Waals surface area contributed by atoms with E-state index in [0.717, 1.165) is 12.5 Å². The van der Waals surface area contributed by atoms with E-state index in [0.29, 0.717) is 11.3 Å². The molecule has 0 heterocycles. The van der Waals surface area contributed by atoms with Crippen LogP contribution < -0.4 is 10.5 Å². The highest BCUT2D eigenvalue weighted by Crippen LogP contribution is 2.18. The second kappa shape index (κ2) is 8.41. The van der Waals surface area contributed by atoms with Gasteiger partial charge in [-0.05, 0) is 29.8 Å². The van der Waals surface area contributed by atoms with E-state index in [4.69, 9.17) is 25.8 Å². The lowest BCUT2D eigenvalue weighted by Crippen LogP contribution is -2.13. The first-order valence-electron chi connectivity index (χ1n) is 6.40. The number of benzene rings is 2. The molecule has 22 heavy (non-hydrogen) atoms. The lowest BCUT2D eigenvalue weighted by atomic mass is 10.2. The number of rotatable bonds is 4. The van der Waals surface area contributed by atoms with Gasteiger partial charge in [0.15, 0.2) is 0 Å². The van der Waals surface area contributed by atoms with E-state index in [-0.39, 0.29) is 18.3 Å². The third-order valence-electron chi connectivity index (χ3n) is 2.46. The highest BCUT2D eigenvalue weighted by molar-refractivity contribution is 5.97. The summed E-state index contributed by atoms with van der Waals surface area (Å²) in [5, 5.41) is 14.8. The highest BCUT2D eigenvalue weighted by atomic mass is 19.1. The molecule has 6 heteroatoms. The van der Waals surface area contributed by atoms with Gasteiger partial charge in [0.25, 0.3) is 5.97 Å². The maximum Gasteiger partial charge on any atom is 0.300 e. The molecule has 0 radical (unpaired) electrons. The third-order valence-corrected chi connectivity index (χ3v) is 2.46. The summed E-state index contributed by atoms with van der Waals surface area (Å²) in [5.41, 5.74) is 6.72. The van der Waals surface area contributed by atoms with E-state index < -0.39 is 5.97 Å². The normalized spacial score (nSPS) is 9.36. The van der Waals surface area contributed by atoms with Gasteiger partial charge in [-0.2, -0.15) is 0 Å². The van der Waals surface area contributed by atoms with Gasteiger partial charge in [0.1, 0.15) is 24.0 Å². The predicted molar refractivity (Wildman–Crippen MR) is 81.5 cm³/mol. The summed E-state index contributed by atoms with van der Waals surface area (Å²) in [6.45, 7) is 1.32. The van der Waals surface area contributed by atoms with Gasteiger partial charge < -0.3 is 15.6 Å². The lowest BCUT2D eigenvalue weighted by molar-refractivity contribution is -0.134. The van der Waals surface area contributed by atoms with Gasteiger partial charge in [-0.1, -0.05) is 24.3 Å². The molecule has 0 fully saturated rings. The Hall–Kier alpha value is -2.89. The molecule has 0 aliphatic rings. The van der Waals surface area contributed by atoms with Crippen LogP contribution in [0.25, 0.3) is 0 Å². The maximum atomic E-state index is 13.0. The number of nitrogen functional groups attached to an aromatic ring is 1. The minimum absolute atomic E-state index is 0.0511. The molecule has 0 saturated heterocycles. The number of amidine groups is 1.